The number of halogens is 1. The Bertz CT molecular complexity index is 758. The Hall–Kier alpha value is -2.20. The van der Waals surface area contributed by atoms with Gasteiger partial charge in [0.25, 0.3) is 0 Å². The van der Waals surface area contributed by atoms with Gasteiger partial charge in [-0.15, -0.1) is 0 Å². The molecule has 0 amide bonds. The van der Waals surface area contributed by atoms with Gasteiger partial charge in [-0.2, -0.15) is 0 Å². The van der Waals surface area contributed by atoms with Gasteiger partial charge in [0.1, 0.15) is 5.75 Å². The fourth-order valence-corrected chi connectivity index (χ4v) is 2.65. The number of hydrogen-bond acceptors (Lipinski definition) is 4. The molecule has 0 aromatic heterocycles. The zero-order valence-electron chi connectivity index (χ0n) is 16.2. The van der Waals surface area contributed by atoms with E-state index in [0.29, 0.717) is 36.2 Å². The minimum atomic E-state index is -0.280. The van der Waals surface area contributed by atoms with E-state index >= 15 is 0 Å². The quantitative estimate of drug-likeness (QED) is 0.293. The second kappa shape index (κ2) is 10.8. The smallest absolute Gasteiger partial charge is 0.311 e. The minimum Gasteiger partial charge on any atom is -0.490 e. The Labute approximate surface area is 166 Å². The molecule has 146 valence electrons. The molecule has 0 unspecified atom stereocenters. The summed E-state index contributed by atoms with van der Waals surface area (Å²) in [4.78, 5) is 12.1. The Morgan fingerprint density at radius 1 is 1.04 bits per heavy atom. The molecule has 2 aromatic carbocycles. The topological polar surface area (TPSA) is 44.8 Å². The standard InChI is InChI=1S/C22H27ClO4/c1-4-6-13-26-20-11-7-17(15-21(20)25-5-2)8-12-22(24)27-18-9-10-19(23)16(3)14-18/h7,9-11,14-15H,4-6,8,12-13H2,1-3H3. The van der Waals surface area contributed by atoms with E-state index in [2.05, 4.69) is 6.92 Å². The first-order chi connectivity index (χ1) is 13.0. The number of aryl methyl sites for hydroxylation is 2. The van der Waals surface area contributed by atoms with Crippen molar-refractivity contribution in [3.63, 3.8) is 0 Å². The van der Waals surface area contributed by atoms with Crippen LogP contribution in [0, 0.1) is 6.92 Å². The largest absolute Gasteiger partial charge is 0.490 e. The Morgan fingerprint density at radius 3 is 2.56 bits per heavy atom. The van der Waals surface area contributed by atoms with Crippen molar-refractivity contribution in [1.29, 1.82) is 0 Å². The van der Waals surface area contributed by atoms with Crippen LogP contribution in [0.25, 0.3) is 0 Å². The molecular weight excluding hydrogens is 364 g/mol. The molecule has 0 radical (unpaired) electrons. The SMILES string of the molecule is CCCCOc1ccc(CCC(=O)Oc2ccc(Cl)c(C)c2)cc1OCC. The monoisotopic (exact) mass is 390 g/mol. The Kier molecular flexibility index (Phi) is 8.46. The van der Waals surface area contributed by atoms with Crippen molar-refractivity contribution in [2.24, 2.45) is 0 Å². The maximum Gasteiger partial charge on any atom is 0.311 e. The summed E-state index contributed by atoms with van der Waals surface area (Å²) in [7, 11) is 0. The normalized spacial score (nSPS) is 10.5. The van der Waals surface area contributed by atoms with Crippen LogP contribution >= 0.6 is 11.6 Å². The van der Waals surface area contributed by atoms with Gasteiger partial charge < -0.3 is 14.2 Å². The van der Waals surface area contributed by atoms with Gasteiger partial charge in [0.05, 0.1) is 13.2 Å². The van der Waals surface area contributed by atoms with E-state index < -0.39 is 0 Å². The van der Waals surface area contributed by atoms with Crippen LogP contribution in [0.3, 0.4) is 0 Å². The van der Waals surface area contributed by atoms with Crippen molar-refractivity contribution in [2.45, 2.75) is 46.5 Å². The molecule has 0 saturated heterocycles. The van der Waals surface area contributed by atoms with Crippen molar-refractivity contribution in [2.75, 3.05) is 13.2 Å². The molecule has 5 heteroatoms. The van der Waals surface area contributed by atoms with Crippen LogP contribution in [0.5, 0.6) is 17.2 Å². The molecule has 0 heterocycles. The van der Waals surface area contributed by atoms with E-state index in [1.54, 1.807) is 18.2 Å². The van der Waals surface area contributed by atoms with Gasteiger partial charge in [0.15, 0.2) is 11.5 Å². The van der Waals surface area contributed by atoms with Crippen molar-refractivity contribution in [3.05, 3.63) is 52.5 Å². The van der Waals surface area contributed by atoms with Crippen LogP contribution in [-0.4, -0.2) is 19.2 Å². The number of carbonyl (C=O) groups excluding carboxylic acids is 1. The second-order valence-electron chi connectivity index (χ2n) is 6.30. The third-order valence-corrected chi connectivity index (χ3v) is 4.47. The molecule has 0 aliphatic rings. The average Bonchev–Trinajstić information content (AvgIpc) is 2.65. The van der Waals surface area contributed by atoms with E-state index in [1.165, 1.54) is 0 Å². The van der Waals surface area contributed by atoms with Crippen LogP contribution in [0.15, 0.2) is 36.4 Å². The predicted octanol–water partition coefficient (Wildman–Crippen LogP) is 5.76. The zero-order chi connectivity index (χ0) is 19.6. The molecule has 4 nitrogen and oxygen atoms in total. The third kappa shape index (κ3) is 6.79. The molecular formula is C22H27ClO4. The van der Waals surface area contributed by atoms with Crippen LogP contribution in [0.1, 0.15) is 44.2 Å². The summed E-state index contributed by atoms with van der Waals surface area (Å²) in [5.41, 5.74) is 1.88. The van der Waals surface area contributed by atoms with Gasteiger partial charge >= 0.3 is 5.97 Å². The first-order valence-corrected chi connectivity index (χ1v) is 9.76. The lowest BCUT2D eigenvalue weighted by atomic mass is 10.1. The van der Waals surface area contributed by atoms with Gasteiger partial charge in [0, 0.05) is 11.4 Å². The van der Waals surface area contributed by atoms with Gasteiger partial charge in [-0.1, -0.05) is 31.0 Å². The minimum absolute atomic E-state index is 0.280. The van der Waals surface area contributed by atoms with Crippen LogP contribution in [0.4, 0.5) is 0 Å². The van der Waals surface area contributed by atoms with Crippen molar-refractivity contribution >= 4 is 17.6 Å². The average molecular weight is 391 g/mol. The van der Waals surface area contributed by atoms with Gasteiger partial charge in [0.2, 0.25) is 0 Å². The molecule has 27 heavy (non-hydrogen) atoms. The lowest BCUT2D eigenvalue weighted by Crippen LogP contribution is -2.09. The maximum absolute atomic E-state index is 12.1. The first-order valence-electron chi connectivity index (χ1n) is 9.38. The molecule has 0 aliphatic carbocycles. The highest BCUT2D eigenvalue weighted by atomic mass is 35.5. The summed E-state index contributed by atoms with van der Waals surface area (Å²) in [6.07, 6.45) is 2.94. The molecule has 0 atom stereocenters. The molecule has 2 rings (SSSR count). The summed E-state index contributed by atoms with van der Waals surface area (Å²) in [6.45, 7) is 7.17. The number of benzene rings is 2. The number of esters is 1. The molecule has 0 N–H and O–H groups in total. The highest BCUT2D eigenvalue weighted by Crippen LogP contribution is 2.29. The summed E-state index contributed by atoms with van der Waals surface area (Å²) < 4.78 is 16.8. The Balaban J connectivity index is 1.94. The van der Waals surface area contributed by atoms with Crippen molar-refractivity contribution in [1.82, 2.24) is 0 Å². The third-order valence-electron chi connectivity index (χ3n) is 4.04. The summed E-state index contributed by atoms with van der Waals surface area (Å²) in [6, 6.07) is 11.0. The summed E-state index contributed by atoms with van der Waals surface area (Å²) in [5, 5.41) is 0.652. The number of ether oxygens (including phenoxy) is 3. The van der Waals surface area contributed by atoms with Crippen LogP contribution in [-0.2, 0) is 11.2 Å². The molecule has 0 spiro atoms. The van der Waals surface area contributed by atoms with Gasteiger partial charge in [-0.05, 0) is 68.1 Å². The first kappa shape index (κ1) is 21.1. The highest BCUT2D eigenvalue weighted by Gasteiger charge is 2.10. The second-order valence-corrected chi connectivity index (χ2v) is 6.71. The van der Waals surface area contributed by atoms with Gasteiger partial charge in [-0.25, -0.2) is 0 Å². The molecule has 0 bridgehead atoms. The van der Waals surface area contributed by atoms with Crippen LogP contribution < -0.4 is 14.2 Å². The lowest BCUT2D eigenvalue weighted by Gasteiger charge is -2.13. The lowest BCUT2D eigenvalue weighted by molar-refractivity contribution is -0.134. The van der Waals surface area contributed by atoms with E-state index in [1.807, 2.05) is 32.0 Å². The van der Waals surface area contributed by atoms with E-state index in [4.69, 9.17) is 25.8 Å². The summed E-state index contributed by atoms with van der Waals surface area (Å²) >= 11 is 5.99. The fourth-order valence-electron chi connectivity index (χ4n) is 2.53. The highest BCUT2D eigenvalue weighted by molar-refractivity contribution is 6.31. The maximum atomic E-state index is 12.1. The Morgan fingerprint density at radius 2 is 1.85 bits per heavy atom. The predicted molar refractivity (Wildman–Crippen MR) is 108 cm³/mol. The van der Waals surface area contributed by atoms with E-state index in [-0.39, 0.29) is 12.4 Å². The molecule has 0 saturated carbocycles. The fraction of sp³-hybridized carbons (Fsp3) is 0.409. The number of carbonyl (C=O) groups is 1. The van der Waals surface area contributed by atoms with E-state index in [0.717, 1.165) is 29.7 Å². The summed E-state index contributed by atoms with van der Waals surface area (Å²) in [5.74, 6) is 1.69. The number of unbranched alkanes of at least 4 members (excludes halogenated alkanes) is 1. The number of hydrogen-bond donors (Lipinski definition) is 0. The molecule has 2 aromatic rings. The molecule has 0 fully saturated rings. The molecule has 0 aliphatic heterocycles. The van der Waals surface area contributed by atoms with Crippen molar-refractivity contribution in [3.8, 4) is 17.2 Å². The van der Waals surface area contributed by atoms with E-state index in [9.17, 15) is 4.79 Å². The van der Waals surface area contributed by atoms with Crippen molar-refractivity contribution < 1.29 is 19.0 Å². The van der Waals surface area contributed by atoms with Crippen LogP contribution in [0.2, 0.25) is 5.02 Å². The number of rotatable bonds is 10. The zero-order valence-corrected chi connectivity index (χ0v) is 17.0. The van der Waals surface area contributed by atoms with Gasteiger partial charge in [-0.3, -0.25) is 4.79 Å².